The lowest BCUT2D eigenvalue weighted by Gasteiger charge is -2.25. The third kappa shape index (κ3) is 4.32. The van der Waals surface area contributed by atoms with Crippen molar-refractivity contribution in [2.75, 3.05) is 13.7 Å². The Morgan fingerprint density at radius 1 is 1.41 bits per heavy atom. The van der Waals surface area contributed by atoms with Crippen molar-refractivity contribution < 1.29 is 14.6 Å². The topological polar surface area (TPSA) is 51.6 Å². The summed E-state index contributed by atoms with van der Waals surface area (Å²) in [7, 11) is 1.64. The SMILES string of the molecule is CCOc1cncc(C(O)CC(C)(C)OC)c1. The minimum Gasteiger partial charge on any atom is -0.492 e. The predicted molar refractivity (Wildman–Crippen MR) is 66.1 cm³/mol. The number of aromatic nitrogens is 1. The Morgan fingerprint density at radius 2 is 2.12 bits per heavy atom. The minimum absolute atomic E-state index is 0.360. The summed E-state index contributed by atoms with van der Waals surface area (Å²) >= 11 is 0. The molecule has 1 unspecified atom stereocenters. The molecule has 0 bridgehead atoms. The second kappa shape index (κ2) is 5.98. The summed E-state index contributed by atoms with van der Waals surface area (Å²) in [5, 5.41) is 10.1. The van der Waals surface area contributed by atoms with Crippen LogP contribution in [0.3, 0.4) is 0 Å². The van der Waals surface area contributed by atoms with Crippen molar-refractivity contribution in [3.8, 4) is 5.75 Å². The number of ether oxygens (including phenoxy) is 2. The highest BCUT2D eigenvalue weighted by molar-refractivity contribution is 5.25. The van der Waals surface area contributed by atoms with Crippen molar-refractivity contribution in [1.29, 1.82) is 0 Å². The van der Waals surface area contributed by atoms with Crippen molar-refractivity contribution in [3.63, 3.8) is 0 Å². The highest BCUT2D eigenvalue weighted by atomic mass is 16.5. The van der Waals surface area contributed by atoms with Crippen LogP contribution in [0.15, 0.2) is 18.5 Å². The fourth-order valence-corrected chi connectivity index (χ4v) is 1.53. The first-order valence-corrected chi connectivity index (χ1v) is 5.79. The monoisotopic (exact) mass is 239 g/mol. The van der Waals surface area contributed by atoms with Crippen molar-refractivity contribution in [1.82, 2.24) is 4.98 Å². The van der Waals surface area contributed by atoms with Gasteiger partial charge < -0.3 is 14.6 Å². The Balaban J connectivity index is 2.74. The fraction of sp³-hybridized carbons (Fsp3) is 0.615. The summed E-state index contributed by atoms with van der Waals surface area (Å²) in [5.41, 5.74) is 0.391. The maximum atomic E-state index is 10.1. The quantitative estimate of drug-likeness (QED) is 0.827. The van der Waals surface area contributed by atoms with Crippen molar-refractivity contribution in [2.24, 2.45) is 0 Å². The van der Waals surface area contributed by atoms with E-state index in [1.807, 2.05) is 26.8 Å². The second-order valence-electron chi connectivity index (χ2n) is 4.57. The Labute approximate surface area is 103 Å². The third-order valence-corrected chi connectivity index (χ3v) is 2.67. The van der Waals surface area contributed by atoms with Gasteiger partial charge in [0.25, 0.3) is 0 Å². The number of rotatable bonds is 6. The van der Waals surface area contributed by atoms with E-state index in [4.69, 9.17) is 9.47 Å². The molecule has 0 spiro atoms. The maximum absolute atomic E-state index is 10.1. The van der Waals surface area contributed by atoms with E-state index in [1.54, 1.807) is 19.5 Å². The molecule has 17 heavy (non-hydrogen) atoms. The Hall–Kier alpha value is -1.13. The van der Waals surface area contributed by atoms with E-state index in [1.165, 1.54) is 0 Å². The standard InChI is InChI=1S/C13H21NO3/c1-5-17-11-6-10(8-14-9-11)12(15)7-13(2,3)16-4/h6,8-9,12,15H,5,7H2,1-4H3. The van der Waals surface area contributed by atoms with Gasteiger partial charge in [0, 0.05) is 25.3 Å². The largest absolute Gasteiger partial charge is 0.492 e. The molecule has 1 atom stereocenters. The molecular formula is C13H21NO3. The third-order valence-electron chi connectivity index (χ3n) is 2.67. The van der Waals surface area contributed by atoms with Crippen LogP contribution in [0.2, 0.25) is 0 Å². The van der Waals surface area contributed by atoms with Gasteiger partial charge in [0.15, 0.2) is 0 Å². The lowest BCUT2D eigenvalue weighted by Crippen LogP contribution is -2.25. The van der Waals surface area contributed by atoms with E-state index < -0.39 is 6.10 Å². The van der Waals surface area contributed by atoms with Gasteiger partial charge in [-0.1, -0.05) is 0 Å². The second-order valence-corrected chi connectivity index (χ2v) is 4.57. The molecule has 4 nitrogen and oxygen atoms in total. The average Bonchev–Trinajstić information content (AvgIpc) is 2.29. The highest BCUT2D eigenvalue weighted by Gasteiger charge is 2.22. The van der Waals surface area contributed by atoms with Gasteiger partial charge >= 0.3 is 0 Å². The van der Waals surface area contributed by atoms with Crippen LogP contribution < -0.4 is 4.74 Å². The number of aliphatic hydroxyl groups is 1. The van der Waals surface area contributed by atoms with Crippen molar-refractivity contribution in [3.05, 3.63) is 24.0 Å². The number of methoxy groups -OCH3 is 1. The Morgan fingerprint density at radius 3 is 2.71 bits per heavy atom. The molecule has 0 radical (unpaired) electrons. The first-order valence-electron chi connectivity index (χ1n) is 5.79. The van der Waals surface area contributed by atoms with Crippen molar-refractivity contribution >= 4 is 0 Å². The maximum Gasteiger partial charge on any atom is 0.137 e. The van der Waals surface area contributed by atoms with Crippen LogP contribution in [0.25, 0.3) is 0 Å². The fourth-order valence-electron chi connectivity index (χ4n) is 1.53. The summed E-state index contributed by atoms with van der Waals surface area (Å²) in [4.78, 5) is 4.05. The zero-order chi connectivity index (χ0) is 12.9. The molecule has 0 fully saturated rings. The van der Waals surface area contributed by atoms with Crippen LogP contribution >= 0.6 is 0 Å². The van der Waals surface area contributed by atoms with Crippen LogP contribution in [-0.2, 0) is 4.74 Å². The molecule has 0 aliphatic carbocycles. The zero-order valence-corrected chi connectivity index (χ0v) is 10.9. The van der Waals surface area contributed by atoms with Gasteiger partial charge in [0.1, 0.15) is 5.75 Å². The summed E-state index contributed by atoms with van der Waals surface area (Å²) < 4.78 is 10.6. The van der Waals surface area contributed by atoms with E-state index >= 15 is 0 Å². The Kier molecular flexibility index (Phi) is 4.90. The number of hydrogen-bond acceptors (Lipinski definition) is 4. The number of hydrogen-bond donors (Lipinski definition) is 1. The van der Waals surface area contributed by atoms with E-state index in [0.717, 1.165) is 5.56 Å². The van der Waals surface area contributed by atoms with Gasteiger partial charge in [-0.15, -0.1) is 0 Å². The molecule has 96 valence electrons. The highest BCUT2D eigenvalue weighted by Crippen LogP contribution is 2.27. The predicted octanol–water partition coefficient (Wildman–Crippen LogP) is 2.33. The number of pyridine rings is 1. The first kappa shape index (κ1) is 13.9. The van der Waals surface area contributed by atoms with E-state index in [9.17, 15) is 5.11 Å². The van der Waals surface area contributed by atoms with Gasteiger partial charge in [-0.25, -0.2) is 0 Å². The lowest BCUT2D eigenvalue weighted by molar-refractivity contribution is -0.0202. The molecule has 0 amide bonds. The molecule has 4 heteroatoms. The van der Waals surface area contributed by atoms with E-state index in [-0.39, 0.29) is 5.60 Å². The Bertz CT molecular complexity index is 352. The average molecular weight is 239 g/mol. The van der Waals surface area contributed by atoms with Gasteiger partial charge in [-0.05, 0) is 26.8 Å². The summed E-state index contributed by atoms with van der Waals surface area (Å²) in [5.74, 6) is 0.680. The van der Waals surface area contributed by atoms with Crippen molar-refractivity contribution in [2.45, 2.75) is 38.9 Å². The molecule has 0 saturated heterocycles. The zero-order valence-electron chi connectivity index (χ0n) is 10.9. The molecule has 0 saturated carbocycles. The molecule has 1 rings (SSSR count). The molecule has 1 aromatic heterocycles. The van der Waals surface area contributed by atoms with Gasteiger partial charge in [-0.3, -0.25) is 4.98 Å². The van der Waals surface area contributed by atoms with Crippen LogP contribution in [0, 0.1) is 0 Å². The lowest BCUT2D eigenvalue weighted by atomic mass is 9.97. The molecule has 1 aromatic rings. The van der Waals surface area contributed by atoms with E-state index in [0.29, 0.717) is 18.8 Å². The van der Waals surface area contributed by atoms with Gasteiger partial charge in [0.2, 0.25) is 0 Å². The summed E-state index contributed by atoms with van der Waals surface area (Å²) in [6.45, 7) is 6.38. The van der Waals surface area contributed by atoms with Gasteiger partial charge in [-0.2, -0.15) is 0 Å². The van der Waals surface area contributed by atoms with Gasteiger partial charge in [0.05, 0.1) is 24.5 Å². The normalized spacial score (nSPS) is 13.5. The number of aliphatic hydroxyl groups excluding tert-OH is 1. The van der Waals surface area contributed by atoms with Crippen LogP contribution in [0.1, 0.15) is 38.9 Å². The number of nitrogens with zero attached hydrogens (tertiary/aromatic N) is 1. The summed E-state index contributed by atoms with van der Waals surface area (Å²) in [6.07, 6.45) is 3.21. The molecule has 0 aliphatic heterocycles. The van der Waals surface area contributed by atoms with Crippen LogP contribution in [-0.4, -0.2) is 29.4 Å². The van der Waals surface area contributed by atoms with E-state index in [2.05, 4.69) is 4.98 Å². The summed E-state index contributed by atoms with van der Waals surface area (Å²) in [6, 6.07) is 1.81. The molecular weight excluding hydrogens is 218 g/mol. The molecule has 1 heterocycles. The first-order chi connectivity index (χ1) is 7.98. The smallest absolute Gasteiger partial charge is 0.137 e. The minimum atomic E-state index is -0.599. The molecule has 1 N–H and O–H groups in total. The molecule has 0 aromatic carbocycles. The van der Waals surface area contributed by atoms with Crippen LogP contribution in [0.5, 0.6) is 5.75 Å². The van der Waals surface area contributed by atoms with Crippen LogP contribution in [0.4, 0.5) is 0 Å². The molecule has 0 aliphatic rings.